The van der Waals surface area contributed by atoms with Crippen molar-refractivity contribution in [3.05, 3.63) is 70.0 Å². The highest BCUT2D eigenvalue weighted by molar-refractivity contribution is 7.81. The third-order valence-electron chi connectivity index (χ3n) is 5.64. The fraction of sp³-hybridized carbons (Fsp3) is 0.409. The maximum Gasteiger partial charge on any atom is 0.332 e. The highest BCUT2D eigenvalue weighted by atomic mass is 32.1. The highest BCUT2D eigenvalue weighted by Crippen LogP contribution is 2.38. The largest absolute Gasteiger partial charge is 0.459 e. The number of nitro benzene ring substituents is 1. The zero-order valence-corrected chi connectivity index (χ0v) is 18.7. The molecule has 10 heteroatoms. The minimum absolute atomic E-state index is 0.0350. The van der Waals surface area contributed by atoms with Crippen LogP contribution in [0, 0.1) is 10.1 Å². The first kappa shape index (κ1) is 23.5. The van der Waals surface area contributed by atoms with E-state index >= 15 is 0 Å². The summed E-state index contributed by atoms with van der Waals surface area (Å²) < 4.78 is 5.62. The number of hydrogen-bond donors (Lipinski definition) is 2. The van der Waals surface area contributed by atoms with Crippen molar-refractivity contribution in [1.29, 1.82) is 0 Å². The van der Waals surface area contributed by atoms with Gasteiger partial charge in [-0.2, -0.15) is 12.6 Å². The van der Waals surface area contributed by atoms with Crippen LogP contribution in [0.3, 0.4) is 0 Å². The molecule has 1 aliphatic heterocycles. The smallest absolute Gasteiger partial charge is 0.332 e. The summed E-state index contributed by atoms with van der Waals surface area (Å²) in [7, 11) is 1.53. The second-order valence-corrected chi connectivity index (χ2v) is 8.49. The first-order chi connectivity index (χ1) is 15.4. The van der Waals surface area contributed by atoms with Gasteiger partial charge >= 0.3 is 12.0 Å². The zero-order chi connectivity index (χ0) is 23.1. The number of thiol groups is 1. The number of amides is 2. The second-order valence-electron chi connectivity index (χ2n) is 7.76. The second kappa shape index (κ2) is 10.4. The molecule has 9 nitrogen and oxygen atoms in total. The predicted octanol–water partition coefficient (Wildman–Crippen LogP) is 3.14. The highest BCUT2D eigenvalue weighted by Gasteiger charge is 2.53. The van der Waals surface area contributed by atoms with E-state index in [2.05, 4.69) is 22.9 Å². The van der Waals surface area contributed by atoms with Crippen molar-refractivity contribution >= 4 is 30.3 Å². The van der Waals surface area contributed by atoms with Gasteiger partial charge in [0.05, 0.1) is 4.92 Å². The molecular weight excluding hydrogens is 432 g/mol. The Balaban J connectivity index is 1.75. The zero-order valence-electron chi connectivity index (χ0n) is 17.8. The topological polar surface area (TPSA) is 115 Å². The average Bonchev–Trinajstić information content (AvgIpc) is 3.15. The van der Waals surface area contributed by atoms with Gasteiger partial charge in [-0.15, -0.1) is 0 Å². The van der Waals surface area contributed by atoms with Gasteiger partial charge < -0.3 is 15.0 Å². The van der Waals surface area contributed by atoms with Crippen molar-refractivity contribution in [3.8, 4) is 0 Å². The quantitative estimate of drug-likeness (QED) is 0.272. The molecule has 2 heterocycles. The van der Waals surface area contributed by atoms with Crippen LogP contribution in [0.4, 0.5) is 10.5 Å². The number of aryl methyl sites for hydroxylation is 1. The minimum atomic E-state index is -1.12. The Kier molecular flexibility index (Phi) is 7.68. The van der Waals surface area contributed by atoms with Gasteiger partial charge in [0.2, 0.25) is 0 Å². The molecule has 0 saturated carbocycles. The molecule has 1 aromatic heterocycles. The van der Waals surface area contributed by atoms with Crippen molar-refractivity contribution in [2.45, 2.75) is 43.1 Å². The number of carbonyl (C=O) groups excluding carboxylic acids is 2. The average molecular weight is 459 g/mol. The summed E-state index contributed by atoms with van der Waals surface area (Å²) in [6.07, 6.45) is 5.67. The van der Waals surface area contributed by atoms with Crippen LogP contribution in [0.2, 0.25) is 0 Å². The standard InChI is InChI=1S/C22H26N4O5S/c1-23-21(28)25-14-19(32)13-22(25,10-2-3-16-8-11-24-12-9-16)20(27)31-15-17-4-6-18(7-5-17)26(29)30/h4-9,11-12,19,32H,2-3,10,13-15H2,1H3,(H,23,28)/t19-,22-/m0/s1. The molecule has 2 aromatic rings. The Bertz CT molecular complexity index is 957. The lowest BCUT2D eigenvalue weighted by Crippen LogP contribution is -2.56. The van der Waals surface area contributed by atoms with Gasteiger partial charge in [0.15, 0.2) is 0 Å². The van der Waals surface area contributed by atoms with E-state index in [1.807, 2.05) is 12.1 Å². The fourth-order valence-corrected chi connectivity index (χ4v) is 4.49. The molecule has 0 bridgehead atoms. The summed E-state index contributed by atoms with van der Waals surface area (Å²) in [5.41, 5.74) is 0.566. The monoisotopic (exact) mass is 458 g/mol. The Morgan fingerprint density at radius 1 is 1.25 bits per heavy atom. The van der Waals surface area contributed by atoms with Crippen molar-refractivity contribution in [3.63, 3.8) is 0 Å². The number of rotatable bonds is 8. The van der Waals surface area contributed by atoms with Crippen LogP contribution in [0.1, 0.15) is 30.4 Å². The predicted molar refractivity (Wildman–Crippen MR) is 121 cm³/mol. The number of urea groups is 1. The van der Waals surface area contributed by atoms with Gasteiger partial charge in [-0.25, -0.2) is 9.59 Å². The molecule has 1 fully saturated rings. The number of aromatic nitrogens is 1. The van der Waals surface area contributed by atoms with Crippen LogP contribution in [0.5, 0.6) is 0 Å². The van der Waals surface area contributed by atoms with Gasteiger partial charge in [-0.3, -0.25) is 15.1 Å². The van der Waals surface area contributed by atoms with Gasteiger partial charge in [0.25, 0.3) is 5.69 Å². The number of esters is 1. The van der Waals surface area contributed by atoms with Gasteiger partial charge in [0, 0.05) is 43.4 Å². The van der Waals surface area contributed by atoms with E-state index in [0.29, 0.717) is 31.4 Å². The number of pyridine rings is 1. The summed E-state index contributed by atoms with van der Waals surface area (Å²) in [4.78, 5) is 41.8. The number of non-ortho nitro benzene ring substituents is 1. The van der Waals surface area contributed by atoms with Crippen molar-refractivity contribution < 1.29 is 19.2 Å². The Labute approximate surface area is 191 Å². The van der Waals surface area contributed by atoms with Gasteiger partial charge in [0.1, 0.15) is 12.1 Å². The molecule has 3 rings (SSSR count). The lowest BCUT2D eigenvalue weighted by molar-refractivity contribution is -0.384. The van der Waals surface area contributed by atoms with Gasteiger partial charge in [-0.1, -0.05) is 0 Å². The molecule has 32 heavy (non-hydrogen) atoms. The van der Waals surface area contributed by atoms with E-state index in [1.165, 1.54) is 24.1 Å². The number of benzene rings is 1. The summed E-state index contributed by atoms with van der Waals surface area (Å²) in [5, 5.41) is 13.3. The number of likely N-dealkylation sites (tertiary alicyclic amines) is 1. The summed E-state index contributed by atoms with van der Waals surface area (Å²) >= 11 is 4.55. The summed E-state index contributed by atoms with van der Waals surface area (Å²) in [5.74, 6) is -0.495. The van der Waals surface area contributed by atoms with Crippen LogP contribution < -0.4 is 5.32 Å². The van der Waals surface area contributed by atoms with Crippen LogP contribution in [-0.2, 0) is 22.6 Å². The van der Waals surface area contributed by atoms with Crippen LogP contribution in [0.15, 0.2) is 48.8 Å². The van der Waals surface area contributed by atoms with Crippen LogP contribution in [-0.4, -0.2) is 51.2 Å². The lowest BCUT2D eigenvalue weighted by atomic mass is 9.88. The Morgan fingerprint density at radius 3 is 2.56 bits per heavy atom. The Morgan fingerprint density at radius 2 is 1.94 bits per heavy atom. The normalized spacial score (nSPS) is 20.1. The van der Waals surface area contributed by atoms with E-state index < -0.39 is 16.4 Å². The number of nitrogens with one attached hydrogen (secondary N) is 1. The molecular formula is C22H26N4O5S. The SMILES string of the molecule is CNC(=O)N1C[C@@H](S)C[C@@]1(CCCc1ccncc1)C(=O)OCc1ccc([N+](=O)[O-])cc1. The lowest BCUT2D eigenvalue weighted by Gasteiger charge is -2.36. The molecule has 170 valence electrons. The van der Waals surface area contributed by atoms with Crippen LogP contribution >= 0.6 is 12.6 Å². The number of nitrogens with zero attached hydrogens (tertiary/aromatic N) is 3. The molecule has 0 unspecified atom stereocenters. The van der Waals surface area contributed by atoms with Gasteiger partial charge in [-0.05, 0) is 61.1 Å². The maximum absolute atomic E-state index is 13.3. The molecule has 1 aliphatic rings. The van der Waals surface area contributed by atoms with Crippen molar-refractivity contribution in [1.82, 2.24) is 15.2 Å². The van der Waals surface area contributed by atoms with Crippen molar-refractivity contribution in [2.24, 2.45) is 0 Å². The molecule has 1 aromatic carbocycles. The van der Waals surface area contributed by atoms with E-state index in [-0.39, 0.29) is 23.6 Å². The van der Waals surface area contributed by atoms with E-state index in [1.54, 1.807) is 24.5 Å². The van der Waals surface area contributed by atoms with E-state index in [4.69, 9.17) is 4.74 Å². The summed E-state index contributed by atoms with van der Waals surface area (Å²) in [6, 6.07) is 9.33. The number of nitro groups is 1. The van der Waals surface area contributed by atoms with Crippen molar-refractivity contribution in [2.75, 3.05) is 13.6 Å². The number of hydrogen-bond acceptors (Lipinski definition) is 7. The molecule has 2 atom stereocenters. The number of ether oxygens (including phenoxy) is 1. The summed E-state index contributed by atoms with van der Waals surface area (Å²) in [6.45, 7) is 0.298. The maximum atomic E-state index is 13.3. The Hall–Kier alpha value is -3.14. The third-order valence-corrected chi connectivity index (χ3v) is 5.99. The van der Waals surface area contributed by atoms with E-state index in [9.17, 15) is 19.7 Å². The molecule has 0 spiro atoms. The minimum Gasteiger partial charge on any atom is -0.459 e. The molecule has 0 aliphatic carbocycles. The molecule has 1 saturated heterocycles. The number of carbonyl (C=O) groups is 2. The molecule has 2 amide bonds. The first-order valence-electron chi connectivity index (χ1n) is 10.3. The first-order valence-corrected chi connectivity index (χ1v) is 10.8. The molecule has 1 N–H and O–H groups in total. The van der Waals surface area contributed by atoms with E-state index in [0.717, 1.165) is 12.0 Å². The fourth-order valence-electron chi connectivity index (χ4n) is 4.03. The van der Waals surface area contributed by atoms with Crippen LogP contribution in [0.25, 0.3) is 0 Å². The third kappa shape index (κ3) is 5.37. The molecule has 0 radical (unpaired) electrons.